The maximum atomic E-state index is 13.2. The van der Waals surface area contributed by atoms with Crippen molar-refractivity contribution in [3.05, 3.63) is 71.0 Å². The fourth-order valence-electron chi connectivity index (χ4n) is 2.95. The molecule has 3 rings (SSSR count). The minimum absolute atomic E-state index is 0.0682. The van der Waals surface area contributed by atoms with Crippen LogP contribution in [0.3, 0.4) is 0 Å². The van der Waals surface area contributed by atoms with Gasteiger partial charge in [-0.15, -0.1) is 0 Å². The summed E-state index contributed by atoms with van der Waals surface area (Å²) in [6.07, 6.45) is 1.92. The van der Waals surface area contributed by atoms with Crippen LogP contribution in [0.25, 0.3) is 0 Å². The summed E-state index contributed by atoms with van der Waals surface area (Å²) in [7, 11) is 1.72. The third-order valence-electron chi connectivity index (χ3n) is 4.09. The Morgan fingerprint density at radius 2 is 2.09 bits per heavy atom. The number of fused-ring (bicyclic) bond motifs is 1. The number of amides is 2. The zero-order chi connectivity index (χ0) is 15.5. The number of benzene rings is 2. The number of halogens is 1. The lowest BCUT2D eigenvalue weighted by Crippen LogP contribution is -2.38. The Hall–Kier alpha value is -2.36. The Balaban J connectivity index is 1.63. The molecule has 0 saturated carbocycles. The topological polar surface area (TPSA) is 32.3 Å². The predicted molar refractivity (Wildman–Crippen MR) is 83.9 cm³/mol. The van der Waals surface area contributed by atoms with E-state index in [0.29, 0.717) is 6.54 Å². The molecule has 1 N–H and O–H groups in total. The van der Waals surface area contributed by atoms with E-state index < -0.39 is 0 Å². The molecule has 4 heteroatoms. The number of carbonyl (C=O) groups is 1. The molecule has 2 amide bonds. The Labute approximate surface area is 129 Å². The summed E-state index contributed by atoms with van der Waals surface area (Å²) in [6.45, 7) is 0.387. The molecule has 1 aliphatic rings. The molecule has 3 nitrogen and oxygen atoms in total. The summed E-state index contributed by atoms with van der Waals surface area (Å²) in [6, 6.07) is 14.5. The van der Waals surface area contributed by atoms with E-state index in [0.717, 1.165) is 18.4 Å². The van der Waals surface area contributed by atoms with E-state index in [1.54, 1.807) is 18.0 Å². The first-order valence-electron chi connectivity index (χ1n) is 7.47. The molecule has 0 bridgehead atoms. The van der Waals surface area contributed by atoms with Gasteiger partial charge in [-0.05, 0) is 41.7 Å². The lowest BCUT2D eigenvalue weighted by atomic mass is 10.1. The highest BCUT2D eigenvalue weighted by molar-refractivity contribution is 5.74. The van der Waals surface area contributed by atoms with Gasteiger partial charge in [-0.25, -0.2) is 9.18 Å². The number of carbonyl (C=O) groups excluding carboxylic acids is 1. The molecule has 2 aromatic rings. The largest absolute Gasteiger partial charge is 0.331 e. The zero-order valence-corrected chi connectivity index (χ0v) is 12.6. The molecular formula is C18H19FN2O. The van der Waals surface area contributed by atoms with Gasteiger partial charge in [-0.3, -0.25) is 0 Å². The summed E-state index contributed by atoms with van der Waals surface area (Å²) in [5.74, 6) is -0.281. The Kier molecular flexibility index (Phi) is 4.09. The van der Waals surface area contributed by atoms with Crippen LogP contribution in [0.4, 0.5) is 9.18 Å². The molecule has 0 heterocycles. The third kappa shape index (κ3) is 3.11. The van der Waals surface area contributed by atoms with Crippen molar-refractivity contribution in [2.45, 2.75) is 25.4 Å². The summed E-state index contributed by atoms with van der Waals surface area (Å²) < 4.78 is 13.2. The summed E-state index contributed by atoms with van der Waals surface area (Å²) >= 11 is 0. The quantitative estimate of drug-likeness (QED) is 0.921. The number of urea groups is 1. The molecule has 1 unspecified atom stereocenters. The minimum atomic E-state index is -0.281. The van der Waals surface area contributed by atoms with E-state index in [-0.39, 0.29) is 17.9 Å². The molecule has 114 valence electrons. The molecule has 0 aliphatic heterocycles. The Morgan fingerprint density at radius 1 is 1.27 bits per heavy atom. The molecular weight excluding hydrogens is 279 g/mol. The SMILES string of the molecule is CN(Cc1cccc(F)c1)C(=O)NC1CCc2ccccc21. The second-order valence-electron chi connectivity index (χ2n) is 5.73. The van der Waals surface area contributed by atoms with Crippen LogP contribution in [0.2, 0.25) is 0 Å². The third-order valence-corrected chi connectivity index (χ3v) is 4.09. The van der Waals surface area contributed by atoms with Crippen LogP contribution >= 0.6 is 0 Å². The van der Waals surface area contributed by atoms with Crippen molar-refractivity contribution < 1.29 is 9.18 Å². The van der Waals surface area contributed by atoms with Crippen LogP contribution in [-0.4, -0.2) is 18.0 Å². The molecule has 22 heavy (non-hydrogen) atoms. The van der Waals surface area contributed by atoms with Gasteiger partial charge in [-0.1, -0.05) is 36.4 Å². The van der Waals surface area contributed by atoms with E-state index in [1.807, 2.05) is 18.2 Å². The van der Waals surface area contributed by atoms with Gasteiger partial charge in [0.05, 0.1) is 6.04 Å². The highest BCUT2D eigenvalue weighted by Crippen LogP contribution is 2.30. The van der Waals surface area contributed by atoms with Gasteiger partial charge in [0.1, 0.15) is 5.82 Å². The van der Waals surface area contributed by atoms with Gasteiger partial charge in [-0.2, -0.15) is 0 Å². The van der Waals surface area contributed by atoms with Crippen LogP contribution in [0.1, 0.15) is 29.2 Å². The molecule has 1 atom stereocenters. The number of nitrogens with zero attached hydrogens (tertiary/aromatic N) is 1. The lowest BCUT2D eigenvalue weighted by Gasteiger charge is -2.21. The maximum Gasteiger partial charge on any atom is 0.317 e. The number of hydrogen-bond donors (Lipinski definition) is 1. The summed E-state index contributed by atoms with van der Waals surface area (Å²) in [5.41, 5.74) is 3.29. The van der Waals surface area contributed by atoms with Crippen molar-refractivity contribution >= 4 is 6.03 Å². The van der Waals surface area contributed by atoms with Crippen molar-refractivity contribution in [2.24, 2.45) is 0 Å². The minimum Gasteiger partial charge on any atom is -0.331 e. The molecule has 1 aliphatic carbocycles. The van der Waals surface area contributed by atoms with E-state index in [4.69, 9.17) is 0 Å². The van der Waals surface area contributed by atoms with Crippen molar-refractivity contribution in [1.29, 1.82) is 0 Å². The molecule has 2 aromatic carbocycles. The van der Waals surface area contributed by atoms with E-state index in [1.165, 1.54) is 23.3 Å². The highest BCUT2D eigenvalue weighted by atomic mass is 19.1. The number of hydrogen-bond acceptors (Lipinski definition) is 1. The van der Waals surface area contributed by atoms with Gasteiger partial charge < -0.3 is 10.2 Å². The van der Waals surface area contributed by atoms with Gasteiger partial charge in [0, 0.05) is 13.6 Å². The molecule has 0 fully saturated rings. The second-order valence-corrected chi connectivity index (χ2v) is 5.73. The molecule has 0 radical (unpaired) electrons. The lowest BCUT2D eigenvalue weighted by molar-refractivity contribution is 0.202. The summed E-state index contributed by atoms with van der Waals surface area (Å²) in [4.78, 5) is 13.9. The molecule has 0 aromatic heterocycles. The van der Waals surface area contributed by atoms with Crippen LogP contribution < -0.4 is 5.32 Å². The first-order valence-corrected chi connectivity index (χ1v) is 7.47. The maximum absolute atomic E-state index is 13.2. The second kappa shape index (κ2) is 6.18. The van der Waals surface area contributed by atoms with Crippen LogP contribution in [-0.2, 0) is 13.0 Å². The van der Waals surface area contributed by atoms with E-state index in [9.17, 15) is 9.18 Å². The summed E-state index contributed by atoms with van der Waals surface area (Å²) in [5, 5.41) is 3.06. The molecule has 0 saturated heterocycles. The average molecular weight is 298 g/mol. The normalized spacial score (nSPS) is 16.2. The van der Waals surface area contributed by atoms with Gasteiger partial charge in [0.25, 0.3) is 0 Å². The van der Waals surface area contributed by atoms with Gasteiger partial charge in [0.15, 0.2) is 0 Å². The Morgan fingerprint density at radius 3 is 2.91 bits per heavy atom. The first kappa shape index (κ1) is 14.6. The number of nitrogens with one attached hydrogen (secondary N) is 1. The Bertz CT molecular complexity index is 686. The smallest absolute Gasteiger partial charge is 0.317 e. The van der Waals surface area contributed by atoms with Gasteiger partial charge >= 0.3 is 6.03 Å². The number of aryl methyl sites for hydroxylation is 1. The van der Waals surface area contributed by atoms with Gasteiger partial charge in [0.2, 0.25) is 0 Å². The van der Waals surface area contributed by atoms with Crippen molar-refractivity contribution in [3.8, 4) is 0 Å². The monoisotopic (exact) mass is 298 g/mol. The number of rotatable bonds is 3. The van der Waals surface area contributed by atoms with Crippen LogP contribution in [0.5, 0.6) is 0 Å². The van der Waals surface area contributed by atoms with Crippen molar-refractivity contribution in [1.82, 2.24) is 10.2 Å². The fourth-order valence-corrected chi connectivity index (χ4v) is 2.95. The molecule has 0 spiro atoms. The fraction of sp³-hybridized carbons (Fsp3) is 0.278. The zero-order valence-electron chi connectivity index (χ0n) is 12.6. The standard InChI is InChI=1S/C18H19FN2O/c1-21(12-13-5-4-7-15(19)11-13)18(22)20-17-10-9-14-6-2-3-8-16(14)17/h2-8,11,17H,9-10,12H2,1H3,(H,20,22). The van der Waals surface area contributed by atoms with Crippen molar-refractivity contribution in [2.75, 3.05) is 7.05 Å². The van der Waals surface area contributed by atoms with E-state index in [2.05, 4.69) is 17.4 Å². The predicted octanol–water partition coefficient (Wildman–Crippen LogP) is 3.65. The average Bonchev–Trinajstić information content (AvgIpc) is 2.90. The van der Waals surface area contributed by atoms with E-state index >= 15 is 0 Å². The highest BCUT2D eigenvalue weighted by Gasteiger charge is 2.24. The van der Waals surface area contributed by atoms with Crippen LogP contribution in [0, 0.1) is 5.82 Å². The first-order chi connectivity index (χ1) is 10.6. The van der Waals surface area contributed by atoms with Crippen molar-refractivity contribution in [3.63, 3.8) is 0 Å². The van der Waals surface area contributed by atoms with Crippen LogP contribution in [0.15, 0.2) is 48.5 Å².